The van der Waals surface area contributed by atoms with E-state index in [1.54, 1.807) is 26.4 Å². The smallest absolute Gasteiger partial charge is 0.144 e. The van der Waals surface area contributed by atoms with Gasteiger partial charge in [0.2, 0.25) is 0 Å². The molecule has 5 heteroatoms. The van der Waals surface area contributed by atoms with Crippen molar-refractivity contribution >= 4 is 27.5 Å². The molecule has 0 saturated heterocycles. The lowest BCUT2D eigenvalue weighted by atomic mass is 10.0. The maximum Gasteiger partial charge on any atom is 0.144 e. The third kappa shape index (κ3) is 2.65. The van der Waals surface area contributed by atoms with E-state index in [0.29, 0.717) is 16.5 Å². The first-order chi connectivity index (χ1) is 9.08. The first kappa shape index (κ1) is 14.0. The molecule has 0 fully saturated rings. The summed E-state index contributed by atoms with van der Waals surface area (Å²) < 4.78 is 11.4. The molecule has 0 bridgehead atoms. The molecule has 0 unspecified atom stereocenters. The molecule has 2 aromatic rings. The molecule has 1 N–H and O–H groups in total. The van der Waals surface area contributed by atoms with Crippen LogP contribution in [0.4, 0.5) is 0 Å². The summed E-state index contributed by atoms with van der Waals surface area (Å²) in [5, 5.41) is 10.0. The minimum atomic E-state index is 0.0353. The van der Waals surface area contributed by atoms with E-state index in [1.165, 1.54) is 0 Å². The Morgan fingerprint density at radius 1 is 1.11 bits per heavy atom. The van der Waals surface area contributed by atoms with Gasteiger partial charge in [0.15, 0.2) is 0 Å². The monoisotopic (exact) mass is 342 g/mol. The Morgan fingerprint density at radius 3 is 2.42 bits per heavy atom. The zero-order chi connectivity index (χ0) is 14.0. The summed E-state index contributed by atoms with van der Waals surface area (Å²) in [5.74, 6) is 1.35. The molecule has 0 aliphatic carbocycles. The fraction of sp³-hybridized carbons (Fsp3) is 0.143. The number of hydrogen-bond acceptors (Lipinski definition) is 3. The highest BCUT2D eigenvalue weighted by Crippen LogP contribution is 2.43. The Hall–Kier alpha value is -1.39. The van der Waals surface area contributed by atoms with Crippen LogP contribution in [0.5, 0.6) is 17.2 Å². The van der Waals surface area contributed by atoms with Crippen LogP contribution >= 0.6 is 27.5 Å². The van der Waals surface area contributed by atoms with Crippen molar-refractivity contribution in [1.29, 1.82) is 0 Å². The summed E-state index contributed by atoms with van der Waals surface area (Å²) in [6.45, 7) is 0. The molecule has 3 nitrogen and oxygen atoms in total. The van der Waals surface area contributed by atoms with E-state index >= 15 is 0 Å². The Labute approximate surface area is 124 Å². The van der Waals surface area contributed by atoms with Crippen molar-refractivity contribution in [1.82, 2.24) is 0 Å². The van der Waals surface area contributed by atoms with Crippen LogP contribution in [-0.4, -0.2) is 19.3 Å². The van der Waals surface area contributed by atoms with Crippen LogP contribution in [0, 0.1) is 0 Å². The average Bonchev–Trinajstić information content (AvgIpc) is 2.41. The maximum atomic E-state index is 9.69. The predicted molar refractivity (Wildman–Crippen MR) is 79.4 cm³/mol. The molecule has 0 atom stereocenters. The van der Waals surface area contributed by atoms with Crippen LogP contribution in [-0.2, 0) is 0 Å². The van der Waals surface area contributed by atoms with Gasteiger partial charge in [-0.15, -0.1) is 0 Å². The second kappa shape index (κ2) is 5.72. The molecule has 19 heavy (non-hydrogen) atoms. The lowest BCUT2D eigenvalue weighted by molar-refractivity contribution is 0.390. The number of phenols is 1. The maximum absolute atomic E-state index is 9.69. The molecule has 2 aromatic carbocycles. The normalized spacial score (nSPS) is 10.3. The van der Waals surface area contributed by atoms with Gasteiger partial charge in [-0.05, 0) is 45.8 Å². The van der Waals surface area contributed by atoms with Crippen molar-refractivity contribution in [3.05, 3.63) is 39.8 Å². The zero-order valence-corrected chi connectivity index (χ0v) is 12.7. The van der Waals surface area contributed by atoms with Gasteiger partial charge in [0, 0.05) is 5.56 Å². The van der Waals surface area contributed by atoms with Crippen molar-refractivity contribution < 1.29 is 14.6 Å². The summed E-state index contributed by atoms with van der Waals surface area (Å²) >= 11 is 9.25. The second-order valence-corrected chi connectivity index (χ2v) is 5.03. The number of halogens is 2. The molecule has 0 aliphatic heterocycles. The number of phenolic OH excluding ortho intramolecular Hbond substituents is 1. The second-order valence-electron chi connectivity index (χ2n) is 3.83. The summed E-state index contributed by atoms with van der Waals surface area (Å²) in [6.07, 6.45) is 0. The number of hydrogen-bond donors (Lipinski definition) is 1. The van der Waals surface area contributed by atoms with Crippen LogP contribution in [0.25, 0.3) is 11.1 Å². The molecule has 0 saturated carbocycles. The van der Waals surface area contributed by atoms with Gasteiger partial charge in [-0.3, -0.25) is 0 Å². The third-order valence-corrected chi connectivity index (χ3v) is 3.81. The number of methoxy groups -OCH3 is 2. The molecular weight excluding hydrogens is 332 g/mol. The van der Waals surface area contributed by atoms with E-state index in [9.17, 15) is 5.11 Å². The van der Waals surface area contributed by atoms with Crippen LogP contribution < -0.4 is 9.47 Å². The minimum absolute atomic E-state index is 0.0353. The standard InChI is InChI=1S/C14H12BrClO3/c1-18-12-6-4-9(14(19-2)13(12)15)8-3-5-10(16)11(17)7-8/h3-7,17H,1-2H3. The van der Waals surface area contributed by atoms with Crippen molar-refractivity contribution in [2.45, 2.75) is 0 Å². The van der Waals surface area contributed by atoms with E-state index in [4.69, 9.17) is 21.1 Å². The first-order valence-electron chi connectivity index (χ1n) is 5.48. The Balaban J connectivity index is 2.61. The van der Waals surface area contributed by atoms with Gasteiger partial charge < -0.3 is 14.6 Å². The molecule has 2 rings (SSSR count). The van der Waals surface area contributed by atoms with E-state index in [1.807, 2.05) is 18.2 Å². The SMILES string of the molecule is COc1ccc(-c2ccc(Cl)c(O)c2)c(OC)c1Br. The van der Waals surface area contributed by atoms with Gasteiger partial charge >= 0.3 is 0 Å². The predicted octanol–water partition coefficient (Wildman–Crippen LogP) is 4.49. The van der Waals surface area contributed by atoms with E-state index in [2.05, 4.69) is 15.9 Å². The van der Waals surface area contributed by atoms with Crippen molar-refractivity contribution in [3.8, 4) is 28.4 Å². The quantitative estimate of drug-likeness (QED) is 0.892. The average molecular weight is 344 g/mol. The zero-order valence-electron chi connectivity index (χ0n) is 10.4. The molecule has 0 radical (unpaired) electrons. The van der Waals surface area contributed by atoms with Crippen LogP contribution in [0.1, 0.15) is 0 Å². The first-order valence-corrected chi connectivity index (χ1v) is 6.65. The molecule has 100 valence electrons. The van der Waals surface area contributed by atoms with Gasteiger partial charge in [0.1, 0.15) is 21.7 Å². The topological polar surface area (TPSA) is 38.7 Å². The van der Waals surface area contributed by atoms with Gasteiger partial charge in [-0.2, -0.15) is 0 Å². The van der Waals surface area contributed by atoms with Crippen molar-refractivity contribution in [3.63, 3.8) is 0 Å². The fourth-order valence-corrected chi connectivity index (χ4v) is 2.59. The van der Waals surface area contributed by atoms with Gasteiger partial charge in [-0.25, -0.2) is 0 Å². The van der Waals surface area contributed by atoms with Crippen LogP contribution in [0.2, 0.25) is 5.02 Å². The number of benzene rings is 2. The number of aromatic hydroxyl groups is 1. The van der Waals surface area contributed by atoms with Gasteiger partial charge in [-0.1, -0.05) is 17.7 Å². The van der Waals surface area contributed by atoms with Gasteiger partial charge in [0.05, 0.1) is 19.2 Å². The minimum Gasteiger partial charge on any atom is -0.506 e. The van der Waals surface area contributed by atoms with E-state index < -0.39 is 0 Å². The van der Waals surface area contributed by atoms with E-state index in [-0.39, 0.29) is 5.75 Å². The summed E-state index contributed by atoms with van der Waals surface area (Å²) in [7, 11) is 3.17. The van der Waals surface area contributed by atoms with Crippen LogP contribution in [0.15, 0.2) is 34.8 Å². The van der Waals surface area contributed by atoms with Crippen molar-refractivity contribution in [2.24, 2.45) is 0 Å². The van der Waals surface area contributed by atoms with E-state index in [0.717, 1.165) is 15.6 Å². The van der Waals surface area contributed by atoms with Gasteiger partial charge in [0.25, 0.3) is 0 Å². The third-order valence-electron chi connectivity index (χ3n) is 2.74. The highest BCUT2D eigenvalue weighted by molar-refractivity contribution is 9.10. The van der Waals surface area contributed by atoms with Crippen molar-refractivity contribution in [2.75, 3.05) is 14.2 Å². The largest absolute Gasteiger partial charge is 0.506 e. The highest BCUT2D eigenvalue weighted by Gasteiger charge is 2.14. The Kier molecular flexibility index (Phi) is 4.22. The lowest BCUT2D eigenvalue weighted by Crippen LogP contribution is -1.93. The Bertz CT molecular complexity index is 614. The molecule has 0 heterocycles. The number of ether oxygens (including phenoxy) is 2. The molecule has 0 spiro atoms. The highest BCUT2D eigenvalue weighted by atomic mass is 79.9. The fourth-order valence-electron chi connectivity index (χ4n) is 1.80. The summed E-state index contributed by atoms with van der Waals surface area (Å²) in [4.78, 5) is 0. The number of rotatable bonds is 3. The van der Waals surface area contributed by atoms with Crippen LogP contribution in [0.3, 0.4) is 0 Å². The summed E-state index contributed by atoms with van der Waals surface area (Å²) in [5.41, 5.74) is 1.64. The summed E-state index contributed by atoms with van der Waals surface area (Å²) in [6, 6.07) is 8.75. The molecule has 0 amide bonds. The Morgan fingerprint density at radius 2 is 1.84 bits per heavy atom. The molecule has 0 aromatic heterocycles. The lowest BCUT2D eigenvalue weighted by Gasteiger charge is -2.14. The molecular formula is C14H12BrClO3. The molecule has 0 aliphatic rings.